The Kier molecular flexibility index (Phi) is 9.86. The third kappa shape index (κ3) is 7.98. The molecule has 1 atom stereocenters. The maximum atomic E-state index is 13.9. The molecular formula is C28H29ClF3N3O4S. The number of carbonyl (C=O) groups is 2. The first-order chi connectivity index (χ1) is 18.7. The minimum atomic E-state index is -4.77. The number of hydrogen-bond donors (Lipinski definition) is 1. The van der Waals surface area contributed by atoms with Crippen LogP contribution in [0.2, 0.25) is 5.02 Å². The number of likely N-dealkylation sites (N-methyl/N-ethyl adjacent to an activating group) is 1. The van der Waals surface area contributed by atoms with Crippen LogP contribution in [-0.4, -0.2) is 51.0 Å². The van der Waals surface area contributed by atoms with Crippen LogP contribution in [0.15, 0.2) is 72.8 Å². The summed E-state index contributed by atoms with van der Waals surface area (Å²) < 4.78 is 66.4. The van der Waals surface area contributed by atoms with E-state index in [1.54, 1.807) is 42.5 Å². The molecule has 2 amide bonds. The van der Waals surface area contributed by atoms with Crippen LogP contribution in [0.3, 0.4) is 0 Å². The van der Waals surface area contributed by atoms with Crippen molar-refractivity contribution < 1.29 is 31.2 Å². The predicted molar refractivity (Wildman–Crippen MR) is 148 cm³/mol. The van der Waals surface area contributed by atoms with Crippen LogP contribution in [-0.2, 0) is 38.8 Å². The summed E-state index contributed by atoms with van der Waals surface area (Å²) in [7, 11) is -2.87. The molecule has 0 aliphatic rings. The number of anilines is 1. The second-order valence-corrected chi connectivity index (χ2v) is 11.6. The molecule has 0 bridgehead atoms. The minimum Gasteiger partial charge on any atom is -0.357 e. The van der Waals surface area contributed by atoms with Gasteiger partial charge in [0.05, 0.1) is 22.5 Å². The standard InChI is InChI=1S/C28H29ClF3N3O4S/c1-19-8-7-11-21(14-19)17-34(25(27(37)33-2)15-20-9-5-4-6-10-20)26(36)18-35(40(3,38)39)24-16-22(28(30,31)32)12-13-23(24)29/h4-14,16,25H,15,17-18H2,1-3H3,(H,33,37)/t25-/m1/s1. The zero-order chi connectivity index (χ0) is 29.7. The van der Waals surface area contributed by atoms with Crippen LogP contribution in [0, 0.1) is 6.92 Å². The van der Waals surface area contributed by atoms with Crippen molar-refractivity contribution in [3.05, 3.63) is 100 Å². The number of nitrogens with zero attached hydrogens (tertiary/aromatic N) is 2. The molecule has 0 radical (unpaired) electrons. The number of amides is 2. The average Bonchev–Trinajstić information content (AvgIpc) is 2.88. The van der Waals surface area contributed by atoms with Gasteiger partial charge in [-0.15, -0.1) is 0 Å². The molecule has 40 heavy (non-hydrogen) atoms. The van der Waals surface area contributed by atoms with Gasteiger partial charge >= 0.3 is 6.18 Å². The van der Waals surface area contributed by atoms with E-state index in [1.807, 2.05) is 19.1 Å². The largest absolute Gasteiger partial charge is 0.416 e. The monoisotopic (exact) mass is 595 g/mol. The first-order valence-electron chi connectivity index (χ1n) is 12.2. The molecule has 0 fully saturated rings. The molecule has 12 heteroatoms. The number of nitrogens with one attached hydrogen (secondary N) is 1. The molecule has 3 aromatic rings. The number of hydrogen-bond acceptors (Lipinski definition) is 4. The van der Waals surface area contributed by atoms with Crippen molar-refractivity contribution in [2.24, 2.45) is 0 Å². The summed E-state index contributed by atoms with van der Waals surface area (Å²) in [5.41, 5.74) is 0.703. The number of rotatable bonds is 10. The lowest BCUT2D eigenvalue weighted by molar-refractivity contribution is -0.139. The van der Waals surface area contributed by atoms with Crippen molar-refractivity contribution in [3.63, 3.8) is 0 Å². The van der Waals surface area contributed by atoms with Crippen LogP contribution < -0.4 is 9.62 Å². The van der Waals surface area contributed by atoms with E-state index in [1.165, 1.54) is 11.9 Å². The highest BCUT2D eigenvalue weighted by molar-refractivity contribution is 7.92. The topological polar surface area (TPSA) is 86.8 Å². The van der Waals surface area contributed by atoms with Crippen molar-refractivity contribution in [2.75, 3.05) is 24.2 Å². The first kappa shape index (κ1) is 31.0. The Labute approximate surface area is 236 Å². The number of benzene rings is 3. The average molecular weight is 596 g/mol. The van der Waals surface area contributed by atoms with E-state index in [0.717, 1.165) is 29.5 Å². The Balaban J connectivity index is 2.09. The smallest absolute Gasteiger partial charge is 0.357 e. The van der Waals surface area contributed by atoms with Gasteiger partial charge in [-0.05, 0) is 36.2 Å². The highest BCUT2D eigenvalue weighted by atomic mass is 35.5. The normalized spacial score (nSPS) is 12.5. The SMILES string of the molecule is CNC(=O)[C@@H](Cc1ccccc1)N(Cc1cccc(C)c1)C(=O)CN(c1cc(C(F)(F)F)ccc1Cl)S(C)(=O)=O. The van der Waals surface area contributed by atoms with Gasteiger partial charge in [0.1, 0.15) is 12.6 Å². The first-order valence-corrected chi connectivity index (χ1v) is 14.4. The Morgan fingerprint density at radius 1 is 0.975 bits per heavy atom. The van der Waals surface area contributed by atoms with Gasteiger partial charge in [-0.25, -0.2) is 8.42 Å². The van der Waals surface area contributed by atoms with Gasteiger partial charge in [-0.2, -0.15) is 13.2 Å². The number of alkyl halides is 3. The molecule has 3 rings (SSSR count). The molecule has 214 valence electrons. The van der Waals surface area contributed by atoms with Gasteiger partial charge in [0.25, 0.3) is 0 Å². The van der Waals surface area contributed by atoms with E-state index in [4.69, 9.17) is 11.6 Å². The van der Waals surface area contributed by atoms with Gasteiger partial charge in [0, 0.05) is 20.0 Å². The van der Waals surface area contributed by atoms with E-state index in [9.17, 15) is 31.2 Å². The van der Waals surface area contributed by atoms with Crippen LogP contribution in [0.4, 0.5) is 18.9 Å². The molecular weight excluding hydrogens is 567 g/mol. The fourth-order valence-corrected chi connectivity index (χ4v) is 5.33. The summed E-state index contributed by atoms with van der Waals surface area (Å²) in [6, 6.07) is 17.3. The van der Waals surface area contributed by atoms with Gasteiger partial charge in [-0.3, -0.25) is 13.9 Å². The quantitative estimate of drug-likeness (QED) is 0.364. The number of aryl methyl sites for hydroxylation is 1. The van der Waals surface area contributed by atoms with Crippen LogP contribution >= 0.6 is 11.6 Å². The van der Waals surface area contributed by atoms with Crippen molar-refractivity contribution in [3.8, 4) is 0 Å². The molecule has 0 aliphatic carbocycles. The minimum absolute atomic E-state index is 0.0562. The van der Waals surface area contributed by atoms with Crippen molar-refractivity contribution in [1.82, 2.24) is 10.2 Å². The molecule has 1 N–H and O–H groups in total. The lowest BCUT2D eigenvalue weighted by Crippen LogP contribution is -2.53. The zero-order valence-electron chi connectivity index (χ0n) is 22.1. The molecule has 0 unspecified atom stereocenters. The van der Waals surface area contributed by atoms with Crippen molar-refractivity contribution in [2.45, 2.75) is 32.1 Å². The van der Waals surface area contributed by atoms with E-state index < -0.39 is 51.9 Å². The lowest BCUT2D eigenvalue weighted by atomic mass is 10.0. The summed E-state index contributed by atoms with van der Waals surface area (Å²) >= 11 is 6.14. The Morgan fingerprint density at radius 2 is 1.62 bits per heavy atom. The van der Waals surface area contributed by atoms with E-state index in [2.05, 4.69) is 5.32 Å². The van der Waals surface area contributed by atoms with E-state index in [0.29, 0.717) is 15.9 Å². The number of sulfonamides is 1. The fourth-order valence-electron chi connectivity index (χ4n) is 4.20. The number of halogens is 4. The van der Waals surface area contributed by atoms with Crippen LogP contribution in [0.5, 0.6) is 0 Å². The predicted octanol–water partition coefficient (Wildman–Crippen LogP) is 4.82. The van der Waals surface area contributed by atoms with Gasteiger partial charge in [0.2, 0.25) is 21.8 Å². The lowest BCUT2D eigenvalue weighted by Gasteiger charge is -2.33. The number of carbonyl (C=O) groups excluding carboxylic acids is 2. The molecule has 0 heterocycles. The Bertz CT molecular complexity index is 1470. The highest BCUT2D eigenvalue weighted by Gasteiger charge is 2.35. The summed E-state index contributed by atoms with van der Waals surface area (Å²) in [5, 5.41) is 2.27. The second kappa shape index (κ2) is 12.7. The molecule has 0 saturated heterocycles. The summed E-state index contributed by atoms with van der Waals surface area (Å²) in [4.78, 5) is 28.2. The van der Waals surface area contributed by atoms with E-state index in [-0.39, 0.29) is 18.0 Å². The molecule has 0 spiro atoms. The summed E-state index contributed by atoms with van der Waals surface area (Å²) in [6.45, 7) is 0.921. The van der Waals surface area contributed by atoms with Crippen molar-refractivity contribution in [1.29, 1.82) is 0 Å². The summed E-state index contributed by atoms with van der Waals surface area (Å²) in [6.07, 6.45) is -3.90. The molecule has 3 aromatic carbocycles. The highest BCUT2D eigenvalue weighted by Crippen LogP contribution is 2.36. The summed E-state index contributed by atoms with van der Waals surface area (Å²) in [5.74, 6) is -1.29. The van der Waals surface area contributed by atoms with Gasteiger partial charge < -0.3 is 10.2 Å². The third-order valence-electron chi connectivity index (χ3n) is 6.17. The zero-order valence-corrected chi connectivity index (χ0v) is 23.6. The van der Waals surface area contributed by atoms with Gasteiger partial charge in [0.15, 0.2) is 0 Å². The Hall–Kier alpha value is -3.57. The maximum Gasteiger partial charge on any atom is 0.416 e. The molecule has 0 aromatic heterocycles. The molecule has 7 nitrogen and oxygen atoms in total. The van der Waals surface area contributed by atoms with Crippen molar-refractivity contribution >= 4 is 39.1 Å². The third-order valence-corrected chi connectivity index (χ3v) is 7.62. The molecule has 0 aliphatic heterocycles. The maximum absolute atomic E-state index is 13.9. The van der Waals surface area contributed by atoms with Crippen LogP contribution in [0.25, 0.3) is 0 Å². The van der Waals surface area contributed by atoms with Crippen LogP contribution in [0.1, 0.15) is 22.3 Å². The van der Waals surface area contributed by atoms with E-state index >= 15 is 0 Å². The Morgan fingerprint density at radius 3 is 2.20 bits per heavy atom. The van der Waals surface area contributed by atoms with Gasteiger partial charge in [-0.1, -0.05) is 71.8 Å². The molecule has 0 saturated carbocycles. The second-order valence-electron chi connectivity index (χ2n) is 9.26. The fraction of sp³-hybridized carbons (Fsp3) is 0.286.